The first kappa shape index (κ1) is 11.5. The number of carbonyl (C=O) groups is 1. The molecule has 4 aliphatic carbocycles. The Morgan fingerprint density at radius 1 is 1.12 bits per heavy atom. The summed E-state index contributed by atoms with van der Waals surface area (Å²) in [7, 11) is 0. The topological polar surface area (TPSA) is 67.1 Å². The lowest BCUT2D eigenvalue weighted by Crippen LogP contribution is -2.58. The molecular weight excluding hydrogens is 214 g/mol. The molecule has 4 saturated carbocycles. The van der Waals surface area contributed by atoms with Crippen LogP contribution in [-0.2, 0) is 4.79 Å². The standard InChI is InChI=1S/C13H23N3O/c14-16-12(17)1-2-15-13-6-9-3-10(7-13)5-11(4-9)8-13/h9-11,15H,1-8,14H2,(H,16,17). The van der Waals surface area contributed by atoms with Crippen LogP contribution < -0.4 is 16.6 Å². The van der Waals surface area contributed by atoms with Gasteiger partial charge in [0.25, 0.3) is 0 Å². The van der Waals surface area contributed by atoms with Gasteiger partial charge in [-0.2, -0.15) is 0 Å². The van der Waals surface area contributed by atoms with Gasteiger partial charge in [-0.05, 0) is 56.3 Å². The Morgan fingerprint density at radius 2 is 1.65 bits per heavy atom. The molecule has 0 unspecified atom stereocenters. The maximum Gasteiger partial charge on any atom is 0.235 e. The van der Waals surface area contributed by atoms with Crippen LogP contribution in [0.2, 0.25) is 0 Å². The van der Waals surface area contributed by atoms with E-state index in [9.17, 15) is 4.79 Å². The third kappa shape index (κ3) is 2.20. The van der Waals surface area contributed by atoms with Gasteiger partial charge in [-0.3, -0.25) is 10.2 Å². The van der Waals surface area contributed by atoms with Crippen molar-refractivity contribution in [3.05, 3.63) is 0 Å². The average Bonchev–Trinajstić information content (AvgIpc) is 2.26. The third-order valence-electron chi connectivity index (χ3n) is 5.05. The van der Waals surface area contributed by atoms with E-state index in [1.54, 1.807) is 0 Å². The van der Waals surface area contributed by atoms with Gasteiger partial charge in [0.2, 0.25) is 5.91 Å². The molecule has 4 fully saturated rings. The second-order valence-corrected chi connectivity index (χ2v) is 6.44. The molecule has 96 valence electrons. The van der Waals surface area contributed by atoms with Crippen LogP contribution in [0.4, 0.5) is 0 Å². The van der Waals surface area contributed by atoms with Gasteiger partial charge < -0.3 is 5.32 Å². The van der Waals surface area contributed by atoms with E-state index >= 15 is 0 Å². The number of nitrogens with two attached hydrogens (primary N) is 1. The molecule has 4 bridgehead atoms. The molecule has 0 aromatic carbocycles. The number of hydrogen-bond donors (Lipinski definition) is 3. The molecule has 0 spiro atoms. The normalized spacial score (nSPS) is 42.8. The zero-order valence-electron chi connectivity index (χ0n) is 10.4. The fourth-order valence-corrected chi connectivity index (χ4v) is 4.84. The Morgan fingerprint density at radius 3 is 2.12 bits per heavy atom. The molecule has 0 atom stereocenters. The maximum atomic E-state index is 11.1. The average molecular weight is 237 g/mol. The van der Waals surface area contributed by atoms with Crippen LogP contribution in [0.3, 0.4) is 0 Å². The Balaban J connectivity index is 1.57. The third-order valence-corrected chi connectivity index (χ3v) is 5.05. The summed E-state index contributed by atoms with van der Waals surface area (Å²) in [6.45, 7) is 0.773. The van der Waals surface area contributed by atoms with E-state index in [1.165, 1.54) is 38.5 Å². The molecule has 0 saturated heterocycles. The van der Waals surface area contributed by atoms with Crippen molar-refractivity contribution < 1.29 is 4.79 Å². The first-order chi connectivity index (χ1) is 8.19. The molecule has 0 heterocycles. The lowest BCUT2D eigenvalue weighted by atomic mass is 9.53. The fraction of sp³-hybridized carbons (Fsp3) is 0.923. The molecule has 0 aliphatic heterocycles. The quantitative estimate of drug-likeness (QED) is 0.387. The lowest BCUT2D eigenvalue weighted by molar-refractivity contribution is -0.121. The van der Waals surface area contributed by atoms with Crippen molar-refractivity contribution >= 4 is 5.91 Å². The SMILES string of the molecule is NNC(=O)CCNC12CC3CC(CC(C3)C1)C2. The molecule has 4 aliphatic rings. The van der Waals surface area contributed by atoms with Crippen LogP contribution in [0.15, 0.2) is 0 Å². The first-order valence-corrected chi connectivity index (χ1v) is 6.93. The highest BCUT2D eigenvalue weighted by Gasteiger charge is 2.50. The van der Waals surface area contributed by atoms with Crippen LogP contribution >= 0.6 is 0 Å². The van der Waals surface area contributed by atoms with E-state index in [-0.39, 0.29) is 5.91 Å². The largest absolute Gasteiger partial charge is 0.311 e. The number of nitrogens with one attached hydrogen (secondary N) is 2. The number of hydrogen-bond acceptors (Lipinski definition) is 3. The van der Waals surface area contributed by atoms with Gasteiger partial charge in [0, 0.05) is 18.5 Å². The van der Waals surface area contributed by atoms with Crippen molar-refractivity contribution in [2.45, 2.75) is 50.5 Å². The fourth-order valence-electron chi connectivity index (χ4n) is 4.84. The van der Waals surface area contributed by atoms with E-state index < -0.39 is 0 Å². The number of amides is 1. The van der Waals surface area contributed by atoms with Gasteiger partial charge in [-0.1, -0.05) is 0 Å². The maximum absolute atomic E-state index is 11.1. The number of rotatable bonds is 4. The summed E-state index contributed by atoms with van der Waals surface area (Å²) < 4.78 is 0. The second-order valence-electron chi connectivity index (χ2n) is 6.44. The van der Waals surface area contributed by atoms with Crippen molar-refractivity contribution in [3.63, 3.8) is 0 Å². The van der Waals surface area contributed by atoms with Gasteiger partial charge in [0.05, 0.1) is 0 Å². The van der Waals surface area contributed by atoms with E-state index in [1.807, 2.05) is 0 Å². The summed E-state index contributed by atoms with van der Waals surface area (Å²) in [4.78, 5) is 11.1. The predicted octanol–water partition coefficient (Wildman–Crippen LogP) is 0.925. The summed E-state index contributed by atoms with van der Waals surface area (Å²) in [5.41, 5.74) is 2.56. The smallest absolute Gasteiger partial charge is 0.235 e. The molecule has 4 N–H and O–H groups in total. The number of hydrazine groups is 1. The Bertz CT molecular complexity index is 281. The van der Waals surface area contributed by atoms with Gasteiger partial charge in [0.15, 0.2) is 0 Å². The zero-order valence-corrected chi connectivity index (χ0v) is 10.4. The van der Waals surface area contributed by atoms with Crippen molar-refractivity contribution in [2.24, 2.45) is 23.6 Å². The Kier molecular flexibility index (Phi) is 2.87. The summed E-state index contributed by atoms with van der Waals surface area (Å²) in [5, 5.41) is 3.68. The van der Waals surface area contributed by atoms with Crippen LogP contribution in [0, 0.1) is 17.8 Å². The van der Waals surface area contributed by atoms with Crippen LogP contribution in [0.5, 0.6) is 0 Å². The van der Waals surface area contributed by atoms with E-state index in [0.29, 0.717) is 12.0 Å². The Hall–Kier alpha value is -0.610. The zero-order chi connectivity index (χ0) is 11.9. The number of carbonyl (C=O) groups excluding carboxylic acids is 1. The molecule has 0 radical (unpaired) electrons. The van der Waals surface area contributed by atoms with Gasteiger partial charge in [0.1, 0.15) is 0 Å². The summed E-state index contributed by atoms with van der Waals surface area (Å²) >= 11 is 0. The summed E-state index contributed by atoms with van der Waals surface area (Å²) in [6, 6.07) is 0. The Labute approximate surface area is 103 Å². The lowest BCUT2D eigenvalue weighted by Gasteiger charge is -2.57. The highest BCUT2D eigenvalue weighted by molar-refractivity contribution is 5.75. The molecule has 1 amide bonds. The second kappa shape index (κ2) is 4.25. The minimum atomic E-state index is -0.0674. The van der Waals surface area contributed by atoms with E-state index in [4.69, 9.17) is 5.84 Å². The van der Waals surface area contributed by atoms with Gasteiger partial charge >= 0.3 is 0 Å². The summed E-state index contributed by atoms with van der Waals surface area (Å²) in [5.74, 6) is 7.89. The molecule has 4 nitrogen and oxygen atoms in total. The minimum Gasteiger partial charge on any atom is -0.311 e. The summed E-state index contributed by atoms with van der Waals surface area (Å²) in [6.07, 6.45) is 8.90. The van der Waals surface area contributed by atoms with Crippen molar-refractivity contribution in [2.75, 3.05) is 6.54 Å². The van der Waals surface area contributed by atoms with Crippen LogP contribution in [-0.4, -0.2) is 18.0 Å². The van der Waals surface area contributed by atoms with Gasteiger partial charge in [-0.15, -0.1) is 0 Å². The highest BCUT2D eigenvalue weighted by Crippen LogP contribution is 2.55. The molecule has 4 heteroatoms. The van der Waals surface area contributed by atoms with Gasteiger partial charge in [-0.25, -0.2) is 5.84 Å². The van der Waals surface area contributed by atoms with E-state index in [2.05, 4.69) is 10.7 Å². The van der Waals surface area contributed by atoms with Crippen LogP contribution in [0.1, 0.15) is 44.9 Å². The molecule has 0 aromatic heterocycles. The molecule has 4 rings (SSSR count). The molecule has 17 heavy (non-hydrogen) atoms. The minimum absolute atomic E-state index is 0.0674. The predicted molar refractivity (Wildman–Crippen MR) is 65.9 cm³/mol. The first-order valence-electron chi connectivity index (χ1n) is 6.93. The molecule has 0 aromatic rings. The van der Waals surface area contributed by atoms with Crippen LogP contribution in [0.25, 0.3) is 0 Å². The monoisotopic (exact) mass is 237 g/mol. The van der Waals surface area contributed by atoms with Crippen molar-refractivity contribution in [3.8, 4) is 0 Å². The van der Waals surface area contributed by atoms with Crippen molar-refractivity contribution in [1.29, 1.82) is 0 Å². The highest BCUT2D eigenvalue weighted by atomic mass is 16.2. The van der Waals surface area contributed by atoms with E-state index in [0.717, 1.165) is 24.3 Å². The molecular formula is C13H23N3O. The van der Waals surface area contributed by atoms with Crippen molar-refractivity contribution in [1.82, 2.24) is 10.7 Å².